The number of nitrogens with one attached hydrogen (secondary N) is 1. The van der Waals surface area contributed by atoms with Crippen LogP contribution in [-0.2, 0) is 10.3 Å². The Hall–Kier alpha value is -2.53. The summed E-state index contributed by atoms with van der Waals surface area (Å²) in [6.45, 7) is 6.64. The number of imide groups is 1. The van der Waals surface area contributed by atoms with Crippen molar-refractivity contribution in [2.24, 2.45) is 0 Å². The summed E-state index contributed by atoms with van der Waals surface area (Å²) in [6, 6.07) is 12.7. The molecule has 1 fully saturated rings. The van der Waals surface area contributed by atoms with Crippen LogP contribution in [0.1, 0.15) is 36.5 Å². The Morgan fingerprint density at radius 2 is 1.82 bits per heavy atom. The average Bonchev–Trinajstić information content (AvgIpc) is 2.93. The Morgan fingerprint density at radius 3 is 2.50 bits per heavy atom. The molecule has 3 rings (SSSR count). The van der Waals surface area contributed by atoms with Crippen molar-refractivity contribution >= 4 is 23.5 Å². The van der Waals surface area contributed by atoms with Crippen molar-refractivity contribution in [1.82, 2.24) is 10.2 Å². The molecule has 1 unspecified atom stereocenters. The van der Waals surface area contributed by atoms with Crippen LogP contribution >= 0.6 is 11.6 Å². The van der Waals surface area contributed by atoms with Crippen LogP contribution in [0.2, 0.25) is 5.02 Å². The summed E-state index contributed by atoms with van der Waals surface area (Å²) in [7, 11) is 0. The molecule has 2 aromatic rings. The van der Waals surface area contributed by atoms with Gasteiger partial charge in [-0.15, -0.1) is 0 Å². The number of urea groups is 1. The number of hydrogen-bond donors (Lipinski definition) is 1. The predicted molar refractivity (Wildman–Crippen MR) is 110 cm³/mol. The highest BCUT2D eigenvalue weighted by Crippen LogP contribution is 2.33. The Bertz CT molecular complexity index is 882. The van der Waals surface area contributed by atoms with Gasteiger partial charge in [0.25, 0.3) is 5.91 Å². The molecule has 0 bridgehead atoms. The van der Waals surface area contributed by atoms with Gasteiger partial charge in [0.05, 0.1) is 6.61 Å². The third-order valence-electron chi connectivity index (χ3n) is 5.17. The summed E-state index contributed by atoms with van der Waals surface area (Å²) in [5.74, 6) is 0.607. The number of benzene rings is 2. The number of hydrogen-bond acceptors (Lipinski definition) is 3. The quantitative estimate of drug-likeness (QED) is 0.546. The summed E-state index contributed by atoms with van der Waals surface area (Å²) in [5.41, 5.74) is 1.90. The number of halogens is 1. The minimum absolute atomic E-state index is 0.228. The molecule has 0 radical (unpaired) electrons. The zero-order valence-electron chi connectivity index (χ0n) is 16.4. The van der Waals surface area contributed by atoms with Gasteiger partial charge in [-0.05, 0) is 61.6 Å². The number of ether oxygens (including phenoxy) is 1. The number of amides is 3. The van der Waals surface area contributed by atoms with Gasteiger partial charge in [0.1, 0.15) is 11.3 Å². The highest BCUT2D eigenvalue weighted by Gasteiger charge is 2.50. The molecule has 28 heavy (non-hydrogen) atoms. The molecule has 1 heterocycles. The highest BCUT2D eigenvalue weighted by atomic mass is 35.5. The minimum Gasteiger partial charge on any atom is -0.493 e. The van der Waals surface area contributed by atoms with E-state index < -0.39 is 5.54 Å². The van der Waals surface area contributed by atoms with E-state index in [2.05, 4.69) is 5.32 Å². The normalized spacial score (nSPS) is 19.1. The molecule has 5 nitrogen and oxygen atoms in total. The van der Waals surface area contributed by atoms with Crippen LogP contribution in [0.15, 0.2) is 42.5 Å². The van der Waals surface area contributed by atoms with Crippen LogP contribution in [0.3, 0.4) is 0 Å². The molecular weight excluding hydrogens is 376 g/mol. The average molecular weight is 401 g/mol. The fourth-order valence-corrected chi connectivity index (χ4v) is 3.60. The van der Waals surface area contributed by atoms with Gasteiger partial charge in [0.2, 0.25) is 0 Å². The fraction of sp³-hybridized carbons (Fsp3) is 0.364. The van der Waals surface area contributed by atoms with Crippen molar-refractivity contribution in [3.63, 3.8) is 0 Å². The summed E-state index contributed by atoms with van der Waals surface area (Å²) in [5, 5.41) is 3.47. The first-order chi connectivity index (χ1) is 13.4. The monoisotopic (exact) mass is 400 g/mol. The van der Waals surface area contributed by atoms with Crippen LogP contribution in [0, 0.1) is 13.8 Å². The standard InChI is InChI=1S/C22H25ClN2O3/c1-4-22(17-8-10-18(23)11-9-17)20(26)25(21(27)24-22)12-5-13-28-19-14-15(2)6-7-16(19)3/h6-11,14H,4-5,12-13H2,1-3H3,(H,24,27). The van der Waals surface area contributed by atoms with E-state index in [0.717, 1.165) is 22.4 Å². The van der Waals surface area contributed by atoms with Crippen LogP contribution in [0.4, 0.5) is 4.79 Å². The van der Waals surface area contributed by atoms with E-state index in [4.69, 9.17) is 16.3 Å². The third kappa shape index (κ3) is 3.85. The van der Waals surface area contributed by atoms with Gasteiger partial charge < -0.3 is 10.1 Å². The summed E-state index contributed by atoms with van der Waals surface area (Å²) in [6.07, 6.45) is 1.03. The summed E-state index contributed by atoms with van der Waals surface area (Å²) in [4.78, 5) is 26.9. The molecule has 1 atom stereocenters. The van der Waals surface area contributed by atoms with Gasteiger partial charge in [-0.3, -0.25) is 9.69 Å². The molecule has 1 saturated heterocycles. The lowest BCUT2D eigenvalue weighted by atomic mass is 9.87. The van der Waals surface area contributed by atoms with Crippen molar-refractivity contribution in [3.05, 3.63) is 64.2 Å². The lowest BCUT2D eigenvalue weighted by Gasteiger charge is -2.26. The fourth-order valence-electron chi connectivity index (χ4n) is 3.47. The Kier molecular flexibility index (Phi) is 5.94. The largest absolute Gasteiger partial charge is 0.493 e. The molecule has 1 N–H and O–H groups in total. The van der Waals surface area contributed by atoms with Crippen LogP contribution in [0.5, 0.6) is 5.75 Å². The Morgan fingerprint density at radius 1 is 1.11 bits per heavy atom. The van der Waals surface area contributed by atoms with Gasteiger partial charge >= 0.3 is 6.03 Å². The van der Waals surface area contributed by atoms with Crippen LogP contribution in [0.25, 0.3) is 0 Å². The molecule has 0 saturated carbocycles. The highest BCUT2D eigenvalue weighted by molar-refractivity contribution is 6.30. The molecule has 0 spiro atoms. The van der Waals surface area contributed by atoms with Crippen molar-refractivity contribution in [1.29, 1.82) is 0 Å². The first-order valence-corrected chi connectivity index (χ1v) is 9.85. The molecule has 2 aromatic carbocycles. The molecule has 3 amide bonds. The number of carbonyl (C=O) groups is 2. The Balaban J connectivity index is 1.65. The van der Waals surface area contributed by atoms with Gasteiger partial charge in [-0.2, -0.15) is 0 Å². The van der Waals surface area contributed by atoms with Crippen molar-refractivity contribution in [2.45, 2.75) is 39.2 Å². The van der Waals surface area contributed by atoms with E-state index in [9.17, 15) is 9.59 Å². The maximum absolute atomic E-state index is 13.1. The SMILES string of the molecule is CCC1(c2ccc(Cl)cc2)NC(=O)N(CCCOc2cc(C)ccc2C)C1=O. The smallest absolute Gasteiger partial charge is 0.325 e. The van der Waals surface area contributed by atoms with Gasteiger partial charge in [0.15, 0.2) is 0 Å². The molecule has 0 aliphatic carbocycles. The molecule has 1 aliphatic heterocycles. The molecule has 0 aromatic heterocycles. The second-order valence-corrected chi connectivity index (χ2v) is 7.56. The summed E-state index contributed by atoms with van der Waals surface area (Å²) >= 11 is 5.96. The topological polar surface area (TPSA) is 58.6 Å². The second kappa shape index (κ2) is 8.23. The predicted octanol–water partition coefficient (Wildman–Crippen LogP) is 4.58. The lowest BCUT2D eigenvalue weighted by molar-refractivity contribution is -0.131. The molecule has 1 aliphatic rings. The first-order valence-electron chi connectivity index (χ1n) is 9.47. The van der Waals surface area contributed by atoms with E-state index in [1.165, 1.54) is 4.90 Å². The van der Waals surface area contributed by atoms with Gasteiger partial charge in [0, 0.05) is 11.6 Å². The van der Waals surface area contributed by atoms with E-state index in [1.807, 2.05) is 39.0 Å². The third-order valence-corrected chi connectivity index (χ3v) is 5.42. The number of nitrogens with zero attached hydrogens (tertiary/aromatic N) is 1. The zero-order chi connectivity index (χ0) is 20.3. The summed E-state index contributed by atoms with van der Waals surface area (Å²) < 4.78 is 5.84. The van der Waals surface area contributed by atoms with E-state index in [-0.39, 0.29) is 11.9 Å². The number of aryl methyl sites for hydroxylation is 2. The molecule has 6 heteroatoms. The molecule has 148 valence electrons. The van der Waals surface area contributed by atoms with E-state index >= 15 is 0 Å². The van der Waals surface area contributed by atoms with E-state index in [0.29, 0.717) is 31.0 Å². The maximum atomic E-state index is 13.1. The zero-order valence-corrected chi connectivity index (χ0v) is 17.2. The minimum atomic E-state index is -1.03. The van der Waals surface area contributed by atoms with Crippen molar-refractivity contribution in [2.75, 3.05) is 13.2 Å². The second-order valence-electron chi connectivity index (χ2n) is 7.12. The lowest BCUT2D eigenvalue weighted by Crippen LogP contribution is -2.43. The van der Waals surface area contributed by atoms with Crippen LogP contribution < -0.4 is 10.1 Å². The van der Waals surface area contributed by atoms with Crippen molar-refractivity contribution in [3.8, 4) is 5.75 Å². The van der Waals surface area contributed by atoms with Crippen LogP contribution in [-0.4, -0.2) is 30.0 Å². The Labute approximate surface area is 170 Å². The van der Waals surface area contributed by atoms with Crippen molar-refractivity contribution < 1.29 is 14.3 Å². The first kappa shape index (κ1) is 20.2. The van der Waals surface area contributed by atoms with E-state index in [1.54, 1.807) is 24.3 Å². The number of rotatable bonds is 7. The molecular formula is C22H25ClN2O3. The maximum Gasteiger partial charge on any atom is 0.325 e. The van der Waals surface area contributed by atoms with Gasteiger partial charge in [-0.25, -0.2) is 4.79 Å². The number of carbonyl (C=O) groups excluding carboxylic acids is 2. The van der Waals surface area contributed by atoms with Gasteiger partial charge in [-0.1, -0.05) is 42.8 Å².